The van der Waals surface area contributed by atoms with Crippen LogP contribution in [0.15, 0.2) is 17.1 Å². The van der Waals surface area contributed by atoms with Gasteiger partial charge in [-0.15, -0.1) is 0 Å². The average molecular weight is 188 g/mol. The molecule has 0 fully saturated rings. The highest BCUT2D eigenvalue weighted by Gasteiger charge is 2.05. The van der Waals surface area contributed by atoms with Gasteiger partial charge >= 0.3 is 5.97 Å². The highest BCUT2D eigenvalue weighted by molar-refractivity contribution is 6.31. The van der Waals surface area contributed by atoms with Gasteiger partial charge in [0.1, 0.15) is 0 Å². The Morgan fingerprint density at radius 3 is 2.92 bits per heavy atom. The number of pyridine rings is 1. The third-order valence-electron chi connectivity index (χ3n) is 1.29. The first-order valence-electron chi connectivity index (χ1n) is 3.18. The van der Waals surface area contributed by atoms with Gasteiger partial charge in [0.05, 0.1) is 11.4 Å². The molecule has 1 aromatic rings. The van der Waals surface area contributed by atoms with Gasteiger partial charge in [-0.1, -0.05) is 11.6 Å². The Hall–Kier alpha value is -1.29. The van der Waals surface area contributed by atoms with Crippen molar-refractivity contribution in [3.05, 3.63) is 33.2 Å². The Kier molecular flexibility index (Phi) is 2.50. The average Bonchev–Trinajstić information content (AvgIpc) is 1.96. The second-order valence-electron chi connectivity index (χ2n) is 2.24. The highest BCUT2D eigenvalue weighted by Crippen LogP contribution is 2.11. The summed E-state index contributed by atoms with van der Waals surface area (Å²) in [6.45, 7) is 0. The van der Waals surface area contributed by atoms with Crippen molar-refractivity contribution in [1.82, 2.24) is 4.98 Å². The molecule has 0 aliphatic rings. The van der Waals surface area contributed by atoms with Gasteiger partial charge < -0.3 is 10.1 Å². The van der Waals surface area contributed by atoms with Crippen molar-refractivity contribution in [3.8, 4) is 0 Å². The van der Waals surface area contributed by atoms with Crippen LogP contribution in [0.1, 0.15) is 5.56 Å². The van der Waals surface area contributed by atoms with E-state index >= 15 is 0 Å². The van der Waals surface area contributed by atoms with E-state index < -0.39 is 5.97 Å². The first-order chi connectivity index (χ1) is 5.59. The maximum Gasteiger partial charge on any atom is 0.307 e. The van der Waals surface area contributed by atoms with Crippen LogP contribution in [0.2, 0.25) is 5.02 Å². The summed E-state index contributed by atoms with van der Waals surface area (Å²) in [6.07, 6.45) is 1.05. The molecule has 0 aliphatic carbocycles. The molecule has 5 heteroatoms. The topological polar surface area (TPSA) is 70.2 Å². The van der Waals surface area contributed by atoms with Crippen molar-refractivity contribution >= 4 is 17.6 Å². The van der Waals surface area contributed by atoms with Crippen molar-refractivity contribution < 1.29 is 9.90 Å². The van der Waals surface area contributed by atoms with Crippen LogP contribution in [0.4, 0.5) is 0 Å². The quantitative estimate of drug-likeness (QED) is 0.715. The Labute approximate surface area is 72.8 Å². The van der Waals surface area contributed by atoms with E-state index in [0.717, 1.165) is 0 Å². The fraction of sp³-hybridized carbons (Fsp3) is 0.143. The van der Waals surface area contributed by atoms with Crippen LogP contribution >= 0.6 is 11.6 Å². The Morgan fingerprint density at radius 1 is 1.67 bits per heavy atom. The monoisotopic (exact) mass is 187 g/mol. The number of aliphatic carboxylic acids is 1. The van der Waals surface area contributed by atoms with Crippen LogP contribution in [-0.4, -0.2) is 16.1 Å². The van der Waals surface area contributed by atoms with Crippen molar-refractivity contribution in [1.29, 1.82) is 0 Å². The fourth-order valence-corrected chi connectivity index (χ4v) is 0.970. The van der Waals surface area contributed by atoms with E-state index in [1.54, 1.807) is 0 Å². The van der Waals surface area contributed by atoms with Gasteiger partial charge in [0.25, 0.3) is 0 Å². The number of carbonyl (C=O) groups is 1. The summed E-state index contributed by atoms with van der Waals surface area (Å²) in [5, 5.41) is 8.67. The van der Waals surface area contributed by atoms with Crippen molar-refractivity contribution in [2.24, 2.45) is 0 Å². The van der Waals surface area contributed by atoms with Gasteiger partial charge in [-0.05, 0) is 5.56 Å². The molecular weight excluding hydrogens is 182 g/mol. The molecule has 0 aromatic carbocycles. The summed E-state index contributed by atoms with van der Waals surface area (Å²) in [7, 11) is 0. The first kappa shape index (κ1) is 8.80. The second-order valence-corrected chi connectivity index (χ2v) is 2.65. The van der Waals surface area contributed by atoms with Crippen LogP contribution in [0.25, 0.3) is 0 Å². The molecule has 0 saturated heterocycles. The zero-order valence-electron chi connectivity index (χ0n) is 6.00. The number of nitrogens with one attached hydrogen (secondary N) is 1. The van der Waals surface area contributed by atoms with Gasteiger partial charge in [0.15, 0.2) is 0 Å². The molecule has 4 nitrogen and oxygen atoms in total. The van der Waals surface area contributed by atoms with Crippen molar-refractivity contribution in [2.45, 2.75) is 6.42 Å². The summed E-state index contributed by atoms with van der Waals surface area (Å²) >= 11 is 5.61. The molecule has 1 aromatic heterocycles. The zero-order chi connectivity index (χ0) is 9.14. The first-order valence-corrected chi connectivity index (χ1v) is 3.56. The molecule has 0 aliphatic heterocycles. The van der Waals surface area contributed by atoms with Gasteiger partial charge in [0, 0.05) is 12.3 Å². The van der Waals surface area contributed by atoms with E-state index in [9.17, 15) is 9.59 Å². The predicted octanol–water partition coefficient (Wildman–Crippen LogP) is 0.655. The van der Waals surface area contributed by atoms with Gasteiger partial charge in [-0.3, -0.25) is 9.59 Å². The second kappa shape index (κ2) is 3.40. The van der Waals surface area contributed by atoms with Gasteiger partial charge in [-0.2, -0.15) is 0 Å². The molecule has 0 amide bonds. The van der Waals surface area contributed by atoms with Crippen molar-refractivity contribution in [2.75, 3.05) is 0 Å². The zero-order valence-corrected chi connectivity index (χ0v) is 6.76. The summed E-state index contributed by atoms with van der Waals surface area (Å²) < 4.78 is 0. The number of hydrogen-bond donors (Lipinski definition) is 2. The van der Waals surface area contributed by atoms with Crippen LogP contribution in [-0.2, 0) is 11.2 Å². The predicted molar refractivity (Wildman–Crippen MR) is 43.4 cm³/mol. The van der Waals surface area contributed by atoms with E-state index in [-0.39, 0.29) is 17.0 Å². The van der Waals surface area contributed by atoms with E-state index in [1.807, 2.05) is 0 Å². The van der Waals surface area contributed by atoms with E-state index in [4.69, 9.17) is 16.7 Å². The lowest BCUT2D eigenvalue weighted by molar-refractivity contribution is -0.136. The van der Waals surface area contributed by atoms with Gasteiger partial charge in [-0.25, -0.2) is 0 Å². The SMILES string of the molecule is O=C(O)Cc1cc(=O)[nH]cc1Cl. The molecule has 12 heavy (non-hydrogen) atoms. The number of hydrogen-bond acceptors (Lipinski definition) is 2. The van der Waals surface area contributed by atoms with Crippen LogP contribution < -0.4 is 5.56 Å². The summed E-state index contributed by atoms with van der Waals surface area (Å²) in [5.41, 5.74) is -0.0245. The third kappa shape index (κ3) is 2.10. The van der Waals surface area contributed by atoms with Gasteiger partial charge in [0.2, 0.25) is 5.56 Å². The number of H-pyrrole nitrogens is 1. The minimum Gasteiger partial charge on any atom is -0.481 e. The largest absolute Gasteiger partial charge is 0.481 e. The standard InChI is InChI=1S/C7H6ClNO3/c8-5-3-9-6(10)1-4(5)2-7(11)12/h1,3H,2H2,(H,9,10)(H,11,12). The van der Waals surface area contributed by atoms with Crippen LogP contribution in [0.3, 0.4) is 0 Å². The molecular formula is C7H6ClNO3. The lowest BCUT2D eigenvalue weighted by Crippen LogP contribution is -2.08. The number of aromatic nitrogens is 1. The molecule has 0 unspecified atom stereocenters. The molecule has 0 spiro atoms. The number of carboxylic acid groups (broad SMARTS) is 1. The Balaban J connectivity index is 3.05. The van der Waals surface area contributed by atoms with Crippen LogP contribution in [0.5, 0.6) is 0 Å². The minimum absolute atomic E-state index is 0.233. The fourth-order valence-electron chi connectivity index (χ4n) is 0.794. The Bertz CT molecular complexity index is 358. The molecule has 0 bridgehead atoms. The smallest absolute Gasteiger partial charge is 0.307 e. The Morgan fingerprint density at radius 2 is 2.33 bits per heavy atom. The summed E-state index contributed by atoms with van der Waals surface area (Å²) in [4.78, 5) is 23.3. The number of carboxylic acids is 1. The molecule has 1 rings (SSSR count). The third-order valence-corrected chi connectivity index (χ3v) is 1.65. The number of rotatable bonds is 2. The minimum atomic E-state index is -1.01. The van der Waals surface area contributed by atoms with E-state index in [2.05, 4.69) is 4.98 Å². The molecule has 0 atom stereocenters. The van der Waals surface area contributed by atoms with Crippen LogP contribution in [0, 0.1) is 0 Å². The highest BCUT2D eigenvalue weighted by atomic mass is 35.5. The maximum atomic E-state index is 10.7. The molecule has 64 valence electrons. The lowest BCUT2D eigenvalue weighted by atomic mass is 10.2. The van der Waals surface area contributed by atoms with E-state index in [0.29, 0.717) is 5.56 Å². The lowest BCUT2D eigenvalue weighted by Gasteiger charge is -1.97. The van der Waals surface area contributed by atoms with Crippen molar-refractivity contribution in [3.63, 3.8) is 0 Å². The molecule has 2 N–H and O–H groups in total. The summed E-state index contributed by atoms with van der Waals surface area (Å²) in [6, 6.07) is 1.18. The maximum absolute atomic E-state index is 10.7. The van der Waals surface area contributed by atoms with E-state index in [1.165, 1.54) is 12.3 Å². The number of halogens is 1. The molecule has 0 saturated carbocycles. The summed E-state index contributed by atoms with van der Waals surface area (Å²) in [5.74, 6) is -1.01. The molecule has 1 heterocycles. The number of aromatic amines is 1. The normalized spacial score (nSPS) is 9.75. The molecule has 0 radical (unpaired) electrons.